The van der Waals surface area contributed by atoms with E-state index in [0.717, 1.165) is 4.47 Å². The van der Waals surface area contributed by atoms with Crippen LogP contribution in [0.25, 0.3) is 0 Å². The van der Waals surface area contributed by atoms with Crippen molar-refractivity contribution in [2.24, 2.45) is 0 Å². The summed E-state index contributed by atoms with van der Waals surface area (Å²) >= 11 is 3.30. The summed E-state index contributed by atoms with van der Waals surface area (Å²) in [6, 6.07) is 5.01. The highest BCUT2D eigenvalue weighted by Crippen LogP contribution is 2.32. The standard InChI is InChI=1S/C10H11BrO3S/c1-7-4-5-15(12,13)10-3-2-8(11)6-9(10)14-7/h2-3,6-7H,4-5H2,1H3/t7-/m1/s1. The Morgan fingerprint density at radius 1 is 1.47 bits per heavy atom. The minimum absolute atomic E-state index is 0.0599. The average molecular weight is 291 g/mol. The SMILES string of the molecule is C[C@@H]1CCS(=O)(=O)c2ccc(Br)cc2O1. The molecule has 1 aliphatic heterocycles. The van der Waals surface area contributed by atoms with E-state index in [1.165, 1.54) is 0 Å². The van der Waals surface area contributed by atoms with E-state index in [0.29, 0.717) is 17.1 Å². The maximum atomic E-state index is 11.9. The first-order valence-electron chi connectivity index (χ1n) is 4.68. The number of fused-ring (bicyclic) bond motifs is 1. The van der Waals surface area contributed by atoms with Gasteiger partial charge in [-0.3, -0.25) is 0 Å². The molecule has 2 rings (SSSR count). The van der Waals surface area contributed by atoms with Gasteiger partial charge in [-0.2, -0.15) is 0 Å². The van der Waals surface area contributed by atoms with Crippen LogP contribution >= 0.6 is 15.9 Å². The van der Waals surface area contributed by atoms with E-state index in [1.54, 1.807) is 18.2 Å². The molecule has 0 aromatic heterocycles. The van der Waals surface area contributed by atoms with E-state index in [1.807, 2.05) is 6.92 Å². The monoisotopic (exact) mass is 290 g/mol. The van der Waals surface area contributed by atoms with Crippen molar-refractivity contribution in [1.29, 1.82) is 0 Å². The zero-order chi connectivity index (χ0) is 11.1. The Bertz CT molecular complexity index is 481. The van der Waals surface area contributed by atoms with E-state index in [9.17, 15) is 8.42 Å². The summed E-state index contributed by atoms with van der Waals surface area (Å²) in [5.74, 6) is 0.609. The fraction of sp³-hybridized carbons (Fsp3) is 0.400. The number of halogens is 1. The largest absolute Gasteiger partial charge is 0.489 e. The van der Waals surface area contributed by atoms with Crippen LogP contribution in [-0.2, 0) is 9.84 Å². The topological polar surface area (TPSA) is 43.4 Å². The molecule has 0 spiro atoms. The van der Waals surface area contributed by atoms with E-state index in [-0.39, 0.29) is 11.9 Å². The van der Waals surface area contributed by atoms with Crippen LogP contribution in [0.4, 0.5) is 0 Å². The molecule has 0 amide bonds. The van der Waals surface area contributed by atoms with Crippen LogP contribution in [0.2, 0.25) is 0 Å². The zero-order valence-corrected chi connectivity index (χ0v) is 10.6. The van der Waals surface area contributed by atoms with E-state index >= 15 is 0 Å². The van der Waals surface area contributed by atoms with Crippen molar-refractivity contribution in [3.8, 4) is 5.75 Å². The first-order chi connectivity index (χ1) is 6.99. The van der Waals surface area contributed by atoms with Crippen molar-refractivity contribution in [2.75, 3.05) is 5.75 Å². The molecule has 0 aliphatic carbocycles. The Morgan fingerprint density at radius 3 is 2.93 bits per heavy atom. The van der Waals surface area contributed by atoms with Gasteiger partial charge < -0.3 is 4.74 Å². The number of hydrogen-bond donors (Lipinski definition) is 0. The summed E-state index contributed by atoms with van der Waals surface area (Å²) in [5.41, 5.74) is 0. The second-order valence-electron chi connectivity index (χ2n) is 3.63. The summed E-state index contributed by atoms with van der Waals surface area (Å²) < 4.78 is 30.1. The van der Waals surface area contributed by atoms with E-state index in [2.05, 4.69) is 15.9 Å². The zero-order valence-electron chi connectivity index (χ0n) is 8.23. The van der Waals surface area contributed by atoms with Crippen LogP contribution in [0.5, 0.6) is 5.75 Å². The minimum atomic E-state index is -3.17. The lowest BCUT2D eigenvalue weighted by Crippen LogP contribution is -2.12. The smallest absolute Gasteiger partial charge is 0.182 e. The van der Waals surface area contributed by atoms with Crippen molar-refractivity contribution in [1.82, 2.24) is 0 Å². The average Bonchev–Trinajstić information content (AvgIpc) is 2.24. The number of ether oxygens (including phenoxy) is 1. The third kappa shape index (κ3) is 2.18. The van der Waals surface area contributed by atoms with Gasteiger partial charge in [0.2, 0.25) is 0 Å². The molecule has 1 aromatic rings. The quantitative estimate of drug-likeness (QED) is 0.737. The van der Waals surface area contributed by atoms with Crippen molar-refractivity contribution in [3.05, 3.63) is 22.7 Å². The number of rotatable bonds is 0. The third-order valence-electron chi connectivity index (χ3n) is 2.36. The number of benzene rings is 1. The molecule has 1 aromatic carbocycles. The van der Waals surface area contributed by atoms with Gasteiger partial charge in [0, 0.05) is 4.47 Å². The maximum Gasteiger partial charge on any atom is 0.182 e. The van der Waals surface area contributed by atoms with Crippen LogP contribution in [0.1, 0.15) is 13.3 Å². The van der Waals surface area contributed by atoms with Crippen molar-refractivity contribution in [3.63, 3.8) is 0 Å². The highest BCUT2D eigenvalue weighted by atomic mass is 79.9. The molecule has 0 unspecified atom stereocenters. The first kappa shape index (κ1) is 11.0. The first-order valence-corrected chi connectivity index (χ1v) is 7.12. The van der Waals surface area contributed by atoms with Gasteiger partial charge in [-0.1, -0.05) is 15.9 Å². The molecule has 0 bridgehead atoms. The number of hydrogen-bond acceptors (Lipinski definition) is 3. The second-order valence-corrected chi connectivity index (χ2v) is 6.62. The van der Waals surface area contributed by atoms with Gasteiger partial charge in [-0.15, -0.1) is 0 Å². The van der Waals surface area contributed by atoms with Gasteiger partial charge in [-0.05, 0) is 31.5 Å². The molecule has 0 N–H and O–H groups in total. The summed E-state index contributed by atoms with van der Waals surface area (Å²) in [5, 5.41) is 0. The molecule has 82 valence electrons. The van der Waals surface area contributed by atoms with E-state index < -0.39 is 9.84 Å². The lowest BCUT2D eigenvalue weighted by atomic mass is 10.3. The third-order valence-corrected chi connectivity index (χ3v) is 4.64. The Morgan fingerprint density at radius 2 is 2.20 bits per heavy atom. The normalized spacial score (nSPS) is 23.7. The Kier molecular flexibility index (Phi) is 2.77. The maximum absolute atomic E-state index is 11.9. The lowest BCUT2D eigenvalue weighted by Gasteiger charge is -2.11. The fourth-order valence-corrected chi connectivity index (χ4v) is 3.43. The molecule has 1 heterocycles. The van der Waals surface area contributed by atoms with Crippen LogP contribution < -0.4 is 4.74 Å². The highest BCUT2D eigenvalue weighted by Gasteiger charge is 2.25. The van der Waals surface area contributed by atoms with Gasteiger partial charge in [0.1, 0.15) is 10.6 Å². The predicted molar refractivity (Wildman–Crippen MR) is 60.9 cm³/mol. The summed E-state index contributed by atoms with van der Waals surface area (Å²) in [6.07, 6.45) is 0.476. The van der Waals surface area contributed by atoms with E-state index in [4.69, 9.17) is 4.74 Å². The Balaban J connectivity index is 2.61. The van der Waals surface area contributed by atoms with Gasteiger partial charge in [0.15, 0.2) is 9.84 Å². The summed E-state index contributed by atoms with van der Waals surface area (Å²) in [7, 11) is -3.17. The van der Waals surface area contributed by atoms with Crippen molar-refractivity contribution >= 4 is 25.8 Å². The molecular weight excluding hydrogens is 280 g/mol. The predicted octanol–water partition coefficient (Wildman–Crippen LogP) is 2.39. The molecule has 0 fully saturated rings. The summed E-state index contributed by atoms with van der Waals surface area (Å²) in [4.78, 5) is 0.301. The van der Waals surface area contributed by atoms with Crippen LogP contribution in [0.15, 0.2) is 27.6 Å². The van der Waals surface area contributed by atoms with Crippen molar-refractivity contribution < 1.29 is 13.2 Å². The molecule has 0 radical (unpaired) electrons. The number of sulfone groups is 1. The lowest BCUT2D eigenvalue weighted by molar-refractivity contribution is 0.216. The molecule has 15 heavy (non-hydrogen) atoms. The van der Waals surface area contributed by atoms with Crippen molar-refractivity contribution in [2.45, 2.75) is 24.3 Å². The fourth-order valence-electron chi connectivity index (χ4n) is 1.54. The van der Waals surface area contributed by atoms with Crippen LogP contribution in [0, 0.1) is 0 Å². The van der Waals surface area contributed by atoms with Gasteiger partial charge >= 0.3 is 0 Å². The van der Waals surface area contributed by atoms with Gasteiger partial charge in [0.05, 0.1) is 11.9 Å². The molecule has 3 nitrogen and oxygen atoms in total. The second kappa shape index (κ2) is 3.79. The molecule has 1 atom stereocenters. The Hall–Kier alpha value is -0.550. The van der Waals surface area contributed by atoms with Gasteiger partial charge in [-0.25, -0.2) is 8.42 Å². The molecular formula is C10H11BrO3S. The Labute approximate surface area is 97.5 Å². The van der Waals surface area contributed by atoms with Crippen LogP contribution in [0.3, 0.4) is 0 Å². The highest BCUT2D eigenvalue weighted by molar-refractivity contribution is 9.10. The molecule has 0 saturated carbocycles. The van der Waals surface area contributed by atoms with Crippen LogP contribution in [-0.4, -0.2) is 20.3 Å². The molecule has 0 saturated heterocycles. The van der Waals surface area contributed by atoms with Gasteiger partial charge in [0.25, 0.3) is 0 Å². The molecule has 5 heteroatoms. The molecule has 1 aliphatic rings. The minimum Gasteiger partial charge on any atom is -0.489 e. The summed E-state index contributed by atoms with van der Waals surface area (Å²) in [6.45, 7) is 1.88.